The third kappa shape index (κ3) is 5.70. The van der Waals surface area contributed by atoms with Gasteiger partial charge in [0.1, 0.15) is 16.6 Å². The van der Waals surface area contributed by atoms with Crippen LogP contribution in [0.1, 0.15) is 72.6 Å². The van der Waals surface area contributed by atoms with Crippen molar-refractivity contribution in [3.63, 3.8) is 0 Å². The van der Waals surface area contributed by atoms with Crippen LogP contribution in [0, 0.1) is 0 Å². The fourth-order valence-electron chi connectivity index (χ4n) is 5.18. The minimum atomic E-state index is -0.594. The number of piperazine rings is 1. The highest BCUT2D eigenvalue weighted by atomic mass is 35.5. The van der Waals surface area contributed by atoms with E-state index in [0.29, 0.717) is 42.0 Å². The molecule has 1 fully saturated rings. The Morgan fingerprint density at radius 1 is 1.15 bits per heavy atom. The van der Waals surface area contributed by atoms with Crippen LogP contribution >= 0.6 is 23.2 Å². The van der Waals surface area contributed by atoms with E-state index >= 15 is 0 Å². The van der Waals surface area contributed by atoms with Crippen LogP contribution in [0.15, 0.2) is 23.1 Å². The van der Waals surface area contributed by atoms with Crippen LogP contribution in [-0.2, 0) is 11.2 Å². The third-order valence-corrected chi connectivity index (χ3v) is 7.43. The van der Waals surface area contributed by atoms with Crippen molar-refractivity contribution in [3.05, 3.63) is 50.2 Å². The van der Waals surface area contributed by atoms with Gasteiger partial charge in [-0.2, -0.15) is 4.98 Å². The number of amides is 1. The smallest absolute Gasteiger partial charge is 0.410 e. The molecule has 0 N–H and O–H groups in total. The Morgan fingerprint density at radius 2 is 1.79 bits per heavy atom. The Hall–Kier alpha value is -2.91. The highest BCUT2D eigenvalue weighted by molar-refractivity contribution is 6.41. The molecule has 2 atom stereocenters. The van der Waals surface area contributed by atoms with Crippen molar-refractivity contribution in [2.75, 3.05) is 18.0 Å². The second-order valence-electron chi connectivity index (χ2n) is 11.4. The van der Waals surface area contributed by atoms with E-state index in [1.165, 1.54) is 4.57 Å². The summed E-state index contributed by atoms with van der Waals surface area (Å²) in [5.74, 6) is 0.506. The number of pyridine rings is 2. The van der Waals surface area contributed by atoms with E-state index in [2.05, 4.69) is 15.0 Å². The molecule has 0 aromatic carbocycles. The van der Waals surface area contributed by atoms with E-state index in [4.69, 9.17) is 27.9 Å². The summed E-state index contributed by atoms with van der Waals surface area (Å²) in [7, 11) is 0. The first-order valence-electron chi connectivity index (χ1n) is 13.3. The number of aryl methyl sites for hydroxylation is 1. The molecule has 9 nitrogen and oxygen atoms in total. The standard InChI is InChI=1S/C28H36Cl2N6O3/c1-9-18-10-11-31-21(15(2)3)22(18)36-24-19(12-20(29)23(30)32-24)25(33-26(36)37)35-16(4)13-34(14-17(35)5)27(38)39-28(6,7)8/h10-12,15-17H,9,13-14H2,1-8H3/t16-,17-/m0/s1. The second-order valence-corrected chi connectivity index (χ2v) is 12.2. The number of hydrogen-bond acceptors (Lipinski definition) is 7. The SMILES string of the molecule is CCc1ccnc(C(C)C)c1-n1c(=O)nc(N2[C@@H](C)CN(C(=O)OC(C)(C)C)C[C@@H]2C)c2cc(Cl)c(Cl)nc21. The minimum Gasteiger partial charge on any atom is -0.444 e. The van der Waals surface area contributed by atoms with Crippen LogP contribution < -0.4 is 10.6 Å². The van der Waals surface area contributed by atoms with Gasteiger partial charge in [0.2, 0.25) is 0 Å². The molecule has 1 saturated heterocycles. The number of ether oxygens (including phenoxy) is 1. The number of rotatable bonds is 4. The molecule has 210 valence electrons. The zero-order valence-corrected chi connectivity index (χ0v) is 25.3. The zero-order chi connectivity index (χ0) is 28.8. The average Bonchev–Trinajstić information content (AvgIpc) is 2.83. The summed E-state index contributed by atoms with van der Waals surface area (Å²) in [6.45, 7) is 16.4. The van der Waals surface area contributed by atoms with Crippen LogP contribution in [-0.4, -0.2) is 61.3 Å². The molecule has 0 radical (unpaired) electrons. The molecule has 11 heteroatoms. The fourth-order valence-corrected chi connectivity index (χ4v) is 5.46. The van der Waals surface area contributed by atoms with Crippen molar-refractivity contribution in [3.8, 4) is 5.69 Å². The van der Waals surface area contributed by atoms with E-state index in [1.54, 1.807) is 17.2 Å². The Labute approximate surface area is 239 Å². The second kappa shape index (κ2) is 10.9. The normalized spacial score (nSPS) is 18.2. The van der Waals surface area contributed by atoms with E-state index in [0.717, 1.165) is 11.3 Å². The van der Waals surface area contributed by atoms with Crippen LogP contribution in [0.2, 0.25) is 10.2 Å². The van der Waals surface area contributed by atoms with Crippen LogP contribution in [0.4, 0.5) is 10.6 Å². The molecule has 0 bridgehead atoms. The molecule has 0 spiro atoms. The van der Waals surface area contributed by atoms with Gasteiger partial charge in [0.15, 0.2) is 5.65 Å². The summed E-state index contributed by atoms with van der Waals surface area (Å²) >= 11 is 12.9. The molecule has 3 aromatic heterocycles. The molecule has 39 heavy (non-hydrogen) atoms. The van der Waals surface area contributed by atoms with Crippen LogP contribution in [0.5, 0.6) is 0 Å². The number of hydrogen-bond donors (Lipinski definition) is 0. The largest absolute Gasteiger partial charge is 0.444 e. The fraction of sp³-hybridized carbons (Fsp3) is 0.536. The minimum absolute atomic E-state index is 0.0527. The molecule has 1 amide bonds. The molecular formula is C28H36Cl2N6O3. The Kier molecular flexibility index (Phi) is 8.15. The molecular weight excluding hydrogens is 539 g/mol. The van der Waals surface area contributed by atoms with Gasteiger partial charge in [0.25, 0.3) is 0 Å². The summed E-state index contributed by atoms with van der Waals surface area (Å²) in [5.41, 5.74) is 1.68. The Balaban J connectivity index is 1.90. The van der Waals surface area contributed by atoms with Crippen molar-refractivity contribution in [2.24, 2.45) is 0 Å². The highest BCUT2D eigenvalue weighted by Crippen LogP contribution is 2.35. The van der Waals surface area contributed by atoms with Crippen LogP contribution in [0.3, 0.4) is 0 Å². The highest BCUT2D eigenvalue weighted by Gasteiger charge is 2.36. The Morgan fingerprint density at radius 3 is 2.36 bits per heavy atom. The van der Waals surface area contributed by atoms with Gasteiger partial charge in [-0.15, -0.1) is 0 Å². The number of fused-ring (bicyclic) bond motifs is 1. The molecule has 3 aromatic rings. The quantitative estimate of drug-likeness (QED) is 0.352. The number of anilines is 1. The molecule has 1 aliphatic heterocycles. The van der Waals surface area contributed by atoms with Gasteiger partial charge in [-0.1, -0.05) is 44.0 Å². The first-order chi connectivity index (χ1) is 18.2. The molecule has 4 heterocycles. The lowest BCUT2D eigenvalue weighted by molar-refractivity contribution is 0.0192. The van der Waals surface area contributed by atoms with Crippen molar-refractivity contribution in [1.29, 1.82) is 0 Å². The summed E-state index contributed by atoms with van der Waals surface area (Å²) in [4.78, 5) is 44.2. The monoisotopic (exact) mass is 574 g/mol. The van der Waals surface area contributed by atoms with Gasteiger partial charge in [0, 0.05) is 31.4 Å². The number of carbonyl (C=O) groups excluding carboxylic acids is 1. The molecule has 4 rings (SSSR count). The van der Waals surface area contributed by atoms with Gasteiger partial charge in [-0.25, -0.2) is 19.1 Å². The number of halogens is 2. The average molecular weight is 576 g/mol. The zero-order valence-electron chi connectivity index (χ0n) is 23.7. The van der Waals surface area contributed by atoms with Crippen LogP contribution in [0.25, 0.3) is 16.7 Å². The Bertz CT molecular complexity index is 1450. The predicted octanol–water partition coefficient (Wildman–Crippen LogP) is 6.00. The molecule has 0 saturated carbocycles. The van der Waals surface area contributed by atoms with E-state index in [-0.39, 0.29) is 34.3 Å². The maximum absolute atomic E-state index is 13.9. The van der Waals surface area contributed by atoms with E-state index in [1.807, 2.05) is 66.4 Å². The topological polar surface area (TPSA) is 93.5 Å². The van der Waals surface area contributed by atoms with Gasteiger partial charge in [-0.3, -0.25) is 4.98 Å². The maximum atomic E-state index is 13.9. The van der Waals surface area contributed by atoms with Gasteiger partial charge in [-0.05, 0) is 64.7 Å². The number of nitrogens with zero attached hydrogens (tertiary/aromatic N) is 6. The van der Waals surface area contributed by atoms with Crippen molar-refractivity contribution in [1.82, 2.24) is 24.4 Å². The lowest BCUT2D eigenvalue weighted by Gasteiger charge is -2.45. The third-order valence-electron chi connectivity index (χ3n) is 6.76. The maximum Gasteiger partial charge on any atom is 0.410 e. The lowest BCUT2D eigenvalue weighted by atomic mass is 10.0. The lowest BCUT2D eigenvalue weighted by Crippen LogP contribution is -2.59. The first kappa shape index (κ1) is 29.1. The first-order valence-corrected chi connectivity index (χ1v) is 14.0. The number of aromatic nitrogens is 4. The summed E-state index contributed by atoms with van der Waals surface area (Å²) in [6.07, 6.45) is 2.09. The van der Waals surface area contributed by atoms with Gasteiger partial charge < -0.3 is 14.5 Å². The molecule has 0 unspecified atom stereocenters. The van der Waals surface area contributed by atoms with Crippen molar-refractivity contribution >= 4 is 46.1 Å². The van der Waals surface area contributed by atoms with E-state index in [9.17, 15) is 9.59 Å². The van der Waals surface area contributed by atoms with Crippen molar-refractivity contribution < 1.29 is 9.53 Å². The molecule has 0 aliphatic carbocycles. The summed E-state index contributed by atoms with van der Waals surface area (Å²) in [5, 5.41) is 0.948. The van der Waals surface area contributed by atoms with Gasteiger partial charge in [0.05, 0.1) is 21.8 Å². The summed E-state index contributed by atoms with van der Waals surface area (Å²) < 4.78 is 7.11. The number of carbonyl (C=O) groups is 1. The summed E-state index contributed by atoms with van der Waals surface area (Å²) in [6, 6.07) is 3.28. The van der Waals surface area contributed by atoms with Crippen molar-refractivity contribution in [2.45, 2.75) is 85.4 Å². The van der Waals surface area contributed by atoms with Gasteiger partial charge >= 0.3 is 11.8 Å². The van der Waals surface area contributed by atoms with E-state index < -0.39 is 11.3 Å². The molecule has 1 aliphatic rings. The predicted molar refractivity (Wildman–Crippen MR) is 156 cm³/mol.